The second kappa shape index (κ2) is 7.04. The van der Waals surface area contributed by atoms with Gasteiger partial charge in [0.05, 0.1) is 4.92 Å². The summed E-state index contributed by atoms with van der Waals surface area (Å²) < 4.78 is 5.25. The highest BCUT2D eigenvalue weighted by molar-refractivity contribution is 5.85. The largest absolute Gasteiger partial charge is 0.478 e. The zero-order valence-corrected chi connectivity index (χ0v) is 11.4. The molecule has 0 radical (unpaired) electrons. The number of benzene rings is 1. The fraction of sp³-hybridized carbons (Fsp3) is 0.231. The fourth-order valence-corrected chi connectivity index (χ4v) is 1.50. The standard InChI is InChI=1S/C13H14N2O6/c1-8(13(18)14-2)21-11-5-3-9(4-6-12(16)17)7-10(11)15(19)20/h3-8H,1-2H3,(H,14,18)(H,16,17)/b6-4+. The Hall–Kier alpha value is -2.90. The molecule has 1 atom stereocenters. The first-order valence-corrected chi connectivity index (χ1v) is 5.93. The summed E-state index contributed by atoms with van der Waals surface area (Å²) in [7, 11) is 1.43. The molecule has 1 amide bonds. The minimum atomic E-state index is -1.16. The lowest BCUT2D eigenvalue weighted by Crippen LogP contribution is -2.33. The van der Waals surface area contributed by atoms with Gasteiger partial charge in [-0.1, -0.05) is 6.07 Å². The van der Waals surface area contributed by atoms with Crippen LogP contribution >= 0.6 is 0 Å². The molecule has 0 fully saturated rings. The summed E-state index contributed by atoms with van der Waals surface area (Å²) in [5.74, 6) is -1.64. The average Bonchev–Trinajstić information content (AvgIpc) is 2.44. The van der Waals surface area contributed by atoms with E-state index in [9.17, 15) is 19.7 Å². The van der Waals surface area contributed by atoms with Crippen molar-refractivity contribution in [3.05, 3.63) is 40.0 Å². The molecule has 1 aromatic rings. The van der Waals surface area contributed by atoms with Crippen LogP contribution in [-0.4, -0.2) is 35.1 Å². The molecular formula is C13H14N2O6. The van der Waals surface area contributed by atoms with Crippen LogP contribution in [0.15, 0.2) is 24.3 Å². The highest BCUT2D eigenvalue weighted by atomic mass is 16.6. The maximum absolute atomic E-state index is 11.4. The van der Waals surface area contributed by atoms with Gasteiger partial charge < -0.3 is 15.2 Å². The predicted octanol–water partition coefficient (Wildman–Crippen LogP) is 1.21. The Balaban J connectivity index is 3.08. The second-order valence-electron chi connectivity index (χ2n) is 4.03. The molecular weight excluding hydrogens is 280 g/mol. The van der Waals surface area contributed by atoms with Crippen LogP contribution in [0.4, 0.5) is 5.69 Å². The summed E-state index contributed by atoms with van der Waals surface area (Å²) in [4.78, 5) is 32.1. The maximum atomic E-state index is 11.4. The van der Waals surface area contributed by atoms with E-state index in [0.717, 1.165) is 6.08 Å². The van der Waals surface area contributed by atoms with Crippen molar-refractivity contribution in [1.82, 2.24) is 5.32 Å². The lowest BCUT2D eigenvalue weighted by molar-refractivity contribution is -0.386. The number of nitrogens with zero attached hydrogens (tertiary/aromatic N) is 1. The zero-order chi connectivity index (χ0) is 16.0. The van der Waals surface area contributed by atoms with Crippen molar-refractivity contribution in [3.63, 3.8) is 0 Å². The lowest BCUT2D eigenvalue weighted by Gasteiger charge is -2.13. The molecule has 8 heteroatoms. The minimum absolute atomic E-state index is 0.0661. The van der Waals surface area contributed by atoms with Gasteiger partial charge in [-0.25, -0.2) is 4.79 Å². The van der Waals surface area contributed by atoms with Gasteiger partial charge in [0.1, 0.15) is 0 Å². The summed E-state index contributed by atoms with van der Waals surface area (Å²) >= 11 is 0. The Bertz CT molecular complexity index is 596. The molecule has 0 saturated heterocycles. The number of ether oxygens (including phenoxy) is 1. The summed E-state index contributed by atoms with van der Waals surface area (Å²) in [6.07, 6.45) is 1.20. The third-order valence-electron chi connectivity index (χ3n) is 2.52. The number of nitrogens with one attached hydrogen (secondary N) is 1. The molecule has 0 saturated carbocycles. The third-order valence-corrected chi connectivity index (χ3v) is 2.52. The van der Waals surface area contributed by atoms with Gasteiger partial charge in [-0.15, -0.1) is 0 Å². The molecule has 8 nitrogen and oxygen atoms in total. The summed E-state index contributed by atoms with van der Waals surface area (Å²) in [5.41, 5.74) is -0.0117. The molecule has 1 unspecified atom stereocenters. The van der Waals surface area contributed by atoms with E-state index in [2.05, 4.69) is 5.32 Å². The molecule has 0 heterocycles. The van der Waals surface area contributed by atoms with Gasteiger partial charge in [-0.05, 0) is 24.6 Å². The smallest absolute Gasteiger partial charge is 0.328 e. The molecule has 2 N–H and O–H groups in total. The number of nitro benzene ring substituents is 1. The maximum Gasteiger partial charge on any atom is 0.328 e. The van der Waals surface area contributed by atoms with Crippen molar-refractivity contribution in [2.24, 2.45) is 0 Å². The van der Waals surface area contributed by atoms with Crippen LogP contribution in [0.1, 0.15) is 12.5 Å². The fourth-order valence-electron chi connectivity index (χ4n) is 1.50. The number of hydrogen-bond donors (Lipinski definition) is 2. The average molecular weight is 294 g/mol. The highest BCUT2D eigenvalue weighted by Crippen LogP contribution is 2.29. The number of likely N-dealkylation sites (N-methyl/N-ethyl adjacent to an activating group) is 1. The monoisotopic (exact) mass is 294 g/mol. The zero-order valence-electron chi connectivity index (χ0n) is 11.4. The van der Waals surface area contributed by atoms with Crippen molar-refractivity contribution in [3.8, 4) is 5.75 Å². The van der Waals surface area contributed by atoms with Crippen LogP contribution in [0.5, 0.6) is 5.75 Å². The van der Waals surface area contributed by atoms with E-state index in [4.69, 9.17) is 9.84 Å². The molecule has 112 valence electrons. The predicted molar refractivity (Wildman–Crippen MR) is 73.9 cm³/mol. The van der Waals surface area contributed by atoms with E-state index in [0.29, 0.717) is 5.56 Å². The molecule has 21 heavy (non-hydrogen) atoms. The number of nitro groups is 1. The van der Waals surface area contributed by atoms with Crippen LogP contribution in [0.25, 0.3) is 6.08 Å². The number of aliphatic carboxylic acids is 1. The minimum Gasteiger partial charge on any atom is -0.478 e. The Morgan fingerprint density at radius 2 is 2.14 bits per heavy atom. The Morgan fingerprint density at radius 3 is 2.67 bits per heavy atom. The number of carboxylic acid groups (broad SMARTS) is 1. The van der Waals surface area contributed by atoms with Crippen LogP contribution < -0.4 is 10.1 Å². The van der Waals surface area contributed by atoms with E-state index in [1.807, 2.05) is 0 Å². The molecule has 0 spiro atoms. The quantitative estimate of drug-likeness (QED) is 0.462. The number of rotatable bonds is 6. The molecule has 0 aliphatic heterocycles. The van der Waals surface area contributed by atoms with Gasteiger partial charge in [0.2, 0.25) is 0 Å². The summed E-state index contributed by atoms with van der Waals surface area (Å²) in [6.45, 7) is 1.46. The van der Waals surface area contributed by atoms with E-state index < -0.39 is 22.9 Å². The van der Waals surface area contributed by atoms with Gasteiger partial charge in [-0.2, -0.15) is 0 Å². The van der Waals surface area contributed by atoms with Gasteiger partial charge >= 0.3 is 11.7 Å². The van der Waals surface area contributed by atoms with Gasteiger partial charge in [0, 0.05) is 19.2 Å². The first-order chi connectivity index (χ1) is 9.85. The van der Waals surface area contributed by atoms with Crippen molar-refractivity contribution >= 4 is 23.6 Å². The molecule has 1 aromatic carbocycles. The highest BCUT2D eigenvalue weighted by Gasteiger charge is 2.20. The van der Waals surface area contributed by atoms with E-state index >= 15 is 0 Å². The third kappa shape index (κ3) is 4.60. The first-order valence-electron chi connectivity index (χ1n) is 5.93. The summed E-state index contributed by atoms with van der Waals surface area (Å²) in [6, 6.07) is 3.95. The first kappa shape index (κ1) is 16.2. The van der Waals surface area contributed by atoms with Gasteiger partial charge in [0.15, 0.2) is 11.9 Å². The molecule has 0 aliphatic carbocycles. The van der Waals surface area contributed by atoms with Crippen LogP contribution in [0, 0.1) is 10.1 Å². The van der Waals surface area contributed by atoms with Gasteiger partial charge in [-0.3, -0.25) is 14.9 Å². The summed E-state index contributed by atoms with van der Waals surface area (Å²) in [5, 5.41) is 21.9. The van der Waals surface area contributed by atoms with E-state index in [1.54, 1.807) is 0 Å². The molecule has 1 rings (SSSR count). The molecule has 0 aromatic heterocycles. The normalized spacial score (nSPS) is 11.9. The van der Waals surface area contributed by atoms with Crippen molar-refractivity contribution in [2.75, 3.05) is 7.05 Å². The Labute approximate surface area is 120 Å². The van der Waals surface area contributed by atoms with Crippen molar-refractivity contribution in [2.45, 2.75) is 13.0 Å². The van der Waals surface area contributed by atoms with Gasteiger partial charge in [0.25, 0.3) is 5.91 Å². The number of amides is 1. The number of carbonyl (C=O) groups is 2. The Morgan fingerprint density at radius 1 is 1.48 bits per heavy atom. The molecule has 0 aliphatic rings. The number of hydrogen-bond acceptors (Lipinski definition) is 5. The lowest BCUT2D eigenvalue weighted by atomic mass is 10.1. The number of carboxylic acids is 1. The van der Waals surface area contributed by atoms with E-state index in [1.165, 1.54) is 38.2 Å². The van der Waals surface area contributed by atoms with Crippen LogP contribution in [0.2, 0.25) is 0 Å². The molecule has 0 bridgehead atoms. The number of carbonyl (C=O) groups excluding carboxylic acids is 1. The SMILES string of the molecule is CNC(=O)C(C)Oc1ccc(/C=C/C(=O)O)cc1[N+](=O)[O-]. The van der Waals surface area contributed by atoms with Crippen molar-refractivity contribution in [1.29, 1.82) is 0 Å². The van der Waals surface area contributed by atoms with Crippen molar-refractivity contribution < 1.29 is 24.4 Å². The van der Waals surface area contributed by atoms with Crippen LogP contribution in [-0.2, 0) is 9.59 Å². The topological polar surface area (TPSA) is 119 Å². The van der Waals surface area contributed by atoms with E-state index in [-0.39, 0.29) is 11.4 Å². The second-order valence-corrected chi connectivity index (χ2v) is 4.03. The Kier molecular flexibility index (Phi) is 5.41. The van der Waals surface area contributed by atoms with Crippen LogP contribution in [0.3, 0.4) is 0 Å².